The van der Waals surface area contributed by atoms with Crippen molar-refractivity contribution in [2.45, 2.75) is 0 Å². The Morgan fingerprint density at radius 2 is 1.47 bits per heavy atom. The molecule has 0 aliphatic heterocycles. The summed E-state index contributed by atoms with van der Waals surface area (Å²) in [6, 6.07) is 19.1. The summed E-state index contributed by atoms with van der Waals surface area (Å²) in [6.45, 7) is 0. The van der Waals surface area contributed by atoms with Gasteiger partial charge in [-0.3, -0.25) is 10.9 Å². The molecule has 101 valence electrons. The minimum atomic E-state index is 0. The summed E-state index contributed by atoms with van der Waals surface area (Å²) in [5, 5.41) is 8.17. The maximum absolute atomic E-state index is 5.02. The summed E-state index contributed by atoms with van der Waals surface area (Å²) in [7, 11) is 0. The number of nitrogens with zero attached hydrogens (tertiary/aromatic N) is 2. The SMILES string of the molecule is S=C(N=Nc1ccccc1)NNc1ccccc1.[Cu]. The zero-order chi connectivity index (χ0) is 12.6. The third-order valence-corrected chi connectivity index (χ3v) is 2.28. The van der Waals surface area contributed by atoms with Crippen LogP contribution in [0.5, 0.6) is 0 Å². The monoisotopic (exact) mass is 319 g/mol. The van der Waals surface area contributed by atoms with Crippen LogP contribution in [0.15, 0.2) is 70.9 Å². The van der Waals surface area contributed by atoms with Crippen molar-refractivity contribution in [3.63, 3.8) is 0 Å². The molecule has 0 heterocycles. The van der Waals surface area contributed by atoms with E-state index < -0.39 is 0 Å². The minimum Gasteiger partial charge on any atom is -0.299 e. The summed E-state index contributed by atoms with van der Waals surface area (Å²) in [5.41, 5.74) is 7.40. The van der Waals surface area contributed by atoms with Crippen molar-refractivity contribution in [3.8, 4) is 0 Å². The van der Waals surface area contributed by atoms with Crippen LogP contribution in [-0.4, -0.2) is 5.11 Å². The van der Waals surface area contributed by atoms with Crippen molar-refractivity contribution >= 4 is 28.7 Å². The van der Waals surface area contributed by atoms with E-state index in [1.807, 2.05) is 60.7 Å². The van der Waals surface area contributed by atoms with Crippen molar-refractivity contribution < 1.29 is 17.1 Å². The molecule has 0 aliphatic carbocycles. The van der Waals surface area contributed by atoms with E-state index in [9.17, 15) is 0 Å². The summed E-state index contributed by atoms with van der Waals surface area (Å²) < 4.78 is 0. The first kappa shape index (κ1) is 15.3. The number of rotatable bonds is 3. The van der Waals surface area contributed by atoms with Crippen molar-refractivity contribution in [1.29, 1.82) is 0 Å². The number of anilines is 1. The first-order chi connectivity index (χ1) is 8.84. The van der Waals surface area contributed by atoms with Crippen LogP contribution in [0.4, 0.5) is 11.4 Å². The van der Waals surface area contributed by atoms with E-state index in [0.29, 0.717) is 0 Å². The van der Waals surface area contributed by atoms with E-state index in [0.717, 1.165) is 11.4 Å². The van der Waals surface area contributed by atoms with Gasteiger partial charge in [-0.1, -0.05) is 36.4 Å². The largest absolute Gasteiger partial charge is 0.299 e. The molecule has 0 amide bonds. The van der Waals surface area contributed by atoms with Crippen molar-refractivity contribution in [1.82, 2.24) is 5.43 Å². The van der Waals surface area contributed by atoms with Crippen molar-refractivity contribution in [2.24, 2.45) is 10.2 Å². The fourth-order valence-electron chi connectivity index (χ4n) is 1.27. The zero-order valence-corrected chi connectivity index (χ0v) is 11.6. The molecule has 2 N–H and O–H groups in total. The quantitative estimate of drug-likeness (QED) is 0.393. The molecule has 0 aliphatic rings. The molecule has 0 unspecified atom stereocenters. The summed E-state index contributed by atoms with van der Waals surface area (Å²) in [4.78, 5) is 0. The molecule has 2 rings (SSSR count). The molecular weight excluding hydrogens is 308 g/mol. The Hall–Kier alpha value is -1.75. The van der Waals surface area contributed by atoms with E-state index in [-0.39, 0.29) is 22.2 Å². The number of para-hydroxylation sites is 1. The van der Waals surface area contributed by atoms with Gasteiger partial charge in [0.2, 0.25) is 5.11 Å². The molecule has 2 aromatic rings. The second kappa shape index (κ2) is 8.37. The van der Waals surface area contributed by atoms with Crippen LogP contribution in [0.3, 0.4) is 0 Å². The molecule has 4 nitrogen and oxygen atoms in total. The van der Waals surface area contributed by atoms with Crippen LogP contribution >= 0.6 is 12.2 Å². The molecule has 19 heavy (non-hydrogen) atoms. The van der Waals surface area contributed by atoms with Crippen molar-refractivity contribution in [2.75, 3.05) is 5.43 Å². The van der Waals surface area contributed by atoms with Crippen LogP contribution in [0.2, 0.25) is 0 Å². The Labute approximate surface area is 127 Å². The molecule has 2 aromatic carbocycles. The topological polar surface area (TPSA) is 48.8 Å². The molecule has 0 saturated carbocycles. The normalized spacial score (nSPS) is 9.68. The molecule has 1 radical (unpaired) electrons. The van der Waals surface area contributed by atoms with Crippen LogP contribution in [-0.2, 0) is 17.1 Å². The third-order valence-electron chi connectivity index (χ3n) is 2.10. The number of hydrazine groups is 1. The van der Waals surface area contributed by atoms with Gasteiger partial charge in [0, 0.05) is 17.1 Å². The molecule has 0 atom stereocenters. The molecule has 0 bridgehead atoms. The predicted molar refractivity (Wildman–Crippen MR) is 76.8 cm³/mol. The van der Waals surface area contributed by atoms with Gasteiger partial charge in [0.25, 0.3) is 0 Å². The van der Waals surface area contributed by atoms with E-state index in [2.05, 4.69) is 21.1 Å². The second-order valence-corrected chi connectivity index (χ2v) is 3.84. The van der Waals surface area contributed by atoms with Gasteiger partial charge in [0.05, 0.1) is 11.4 Å². The third kappa shape index (κ3) is 5.61. The van der Waals surface area contributed by atoms with Crippen LogP contribution < -0.4 is 10.9 Å². The Balaban J connectivity index is 0.00000180. The number of nitrogens with one attached hydrogen (secondary N) is 2. The van der Waals surface area contributed by atoms with E-state index >= 15 is 0 Å². The maximum atomic E-state index is 5.02. The Kier molecular flexibility index (Phi) is 6.74. The number of azo groups is 1. The Bertz CT molecular complexity index is 531. The number of hydrogen-bond acceptors (Lipinski definition) is 3. The number of hydrogen-bond donors (Lipinski definition) is 2. The van der Waals surface area contributed by atoms with Gasteiger partial charge < -0.3 is 0 Å². The smallest absolute Gasteiger partial charge is 0.232 e. The fourth-order valence-corrected chi connectivity index (χ4v) is 1.36. The van der Waals surface area contributed by atoms with Gasteiger partial charge in [-0.2, -0.15) is 0 Å². The van der Waals surface area contributed by atoms with Gasteiger partial charge in [0.1, 0.15) is 0 Å². The molecule has 0 fully saturated rings. The molecule has 6 heteroatoms. The summed E-state index contributed by atoms with van der Waals surface area (Å²) >= 11 is 5.02. The van der Waals surface area contributed by atoms with Crippen LogP contribution in [0, 0.1) is 0 Å². The molecule has 0 saturated heterocycles. The number of thiocarbonyl (C=S) groups is 1. The number of benzene rings is 2. The summed E-state index contributed by atoms with van der Waals surface area (Å²) in [6.07, 6.45) is 0. The average Bonchev–Trinajstić information content (AvgIpc) is 2.45. The predicted octanol–water partition coefficient (Wildman–Crippen LogP) is 3.67. The Morgan fingerprint density at radius 1 is 0.895 bits per heavy atom. The molecular formula is C13H12CuN4S. The first-order valence-corrected chi connectivity index (χ1v) is 5.83. The van der Waals surface area contributed by atoms with Crippen LogP contribution in [0.1, 0.15) is 0 Å². The van der Waals surface area contributed by atoms with E-state index in [4.69, 9.17) is 12.2 Å². The van der Waals surface area contributed by atoms with Gasteiger partial charge in [-0.25, -0.2) is 0 Å². The van der Waals surface area contributed by atoms with Crippen LogP contribution in [0.25, 0.3) is 0 Å². The fraction of sp³-hybridized carbons (Fsp3) is 0. The Morgan fingerprint density at radius 3 is 2.11 bits per heavy atom. The maximum Gasteiger partial charge on any atom is 0.232 e. The van der Waals surface area contributed by atoms with E-state index in [1.54, 1.807) is 0 Å². The summed E-state index contributed by atoms with van der Waals surface area (Å²) in [5.74, 6) is 0. The van der Waals surface area contributed by atoms with Gasteiger partial charge >= 0.3 is 0 Å². The second-order valence-electron chi connectivity index (χ2n) is 3.46. The minimum absolute atomic E-state index is 0. The van der Waals surface area contributed by atoms with Gasteiger partial charge in [-0.15, -0.1) is 10.2 Å². The van der Waals surface area contributed by atoms with Gasteiger partial charge in [0.15, 0.2) is 0 Å². The van der Waals surface area contributed by atoms with Crippen molar-refractivity contribution in [3.05, 3.63) is 60.7 Å². The van der Waals surface area contributed by atoms with E-state index in [1.165, 1.54) is 0 Å². The molecule has 0 aromatic heterocycles. The average molecular weight is 320 g/mol. The standard InChI is InChI=1S/C13H12N4S.Cu/c18-13(16-14-11-7-3-1-4-8-11)17-15-12-9-5-2-6-10-12;/h1-10,14H,(H,16,18);. The zero-order valence-electron chi connectivity index (χ0n) is 9.88. The molecule has 0 spiro atoms. The van der Waals surface area contributed by atoms with Gasteiger partial charge in [-0.05, 0) is 36.5 Å². The first-order valence-electron chi connectivity index (χ1n) is 5.42.